The van der Waals surface area contributed by atoms with E-state index in [9.17, 15) is 0 Å². The third kappa shape index (κ3) is 4.27. The summed E-state index contributed by atoms with van der Waals surface area (Å²) in [4.78, 5) is 2.39. The van der Waals surface area contributed by atoms with Crippen molar-refractivity contribution < 1.29 is 0 Å². The lowest BCUT2D eigenvalue weighted by Gasteiger charge is -2.20. The molecule has 0 aliphatic heterocycles. The minimum Gasteiger partial charge on any atom is -0.397 e. The molecule has 3 N–H and O–H groups in total. The Hall–Kier alpha value is -1.73. The van der Waals surface area contributed by atoms with E-state index in [-0.39, 0.29) is 0 Å². The fourth-order valence-corrected chi connectivity index (χ4v) is 1.87. The number of nitriles is 1. The number of benzene rings is 1. The zero-order chi connectivity index (χ0) is 13.4. The standard InChI is InChI=1S/C14H22N4/c1-3-8-18(4-2)9-7-17-14-10-12(11-15)5-6-13(14)16/h5-6,10,17H,3-4,7-9,16H2,1-2H3. The maximum atomic E-state index is 8.85. The lowest BCUT2D eigenvalue weighted by atomic mass is 10.2. The van der Waals surface area contributed by atoms with Gasteiger partial charge in [-0.2, -0.15) is 5.26 Å². The Labute approximate surface area is 109 Å². The lowest BCUT2D eigenvalue weighted by molar-refractivity contribution is 0.300. The number of nitrogen functional groups attached to an aromatic ring is 1. The summed E-state index contributed by atoms with van der Waals surface area (Å²) < 4.78 is 0. The van der Waals surface area contributed by atoms with Crippen LogP contribution in [0.5, 0.6) is 0 Å². The van der Waals surface area contributed by atoms with Crippen LogP contribution in [-0.4, -0.2) is 31.1 Å². The summed E-state index contributed by atoms with van der Waals surface area (Å²) in [5, 5.41) is 12.1. The van der Waals surface area contributed by atoms with E-state index in [1.165, 1.54) is 6.42 Å². The van der Waals surface area contributed by atoms with Crippen molar-refractivity contribution in [3.63, 3.8) is 0 Å². The van der Waals surface area contributed by atoms with Crippen molar-refractivity contribution in [2.24, 2.45) is 0 Å². The van der Waals surface area contributed by atoms with Crippen LogP contribution in [0.15, 0.2) is 18.2 Å². The molecule has 0 amide bonds. The van der Waals surface area contributed by atoms with E-state index in [0.717, 1.165) is 31.9 Å². The van der Waals surface area contributed by atoms with Crippen LogP contribution in [0.4, 0.5) is 11.4 Å². The first kappa shape index (κ1) is 14.3. The second-order valence-corrected chi connectivity index (χ2v) is 4.27. The molecule has 0 saturated heterocycles. The first-order valence-electron chi connectivity index (χ1n) is 6.47. The first-order valence-corrected chi connectivity index (χ1v) is 6.47. The molecule has 0 aliphatic carbocycles. The monoisotopic (exact) mass is 246 g/mol. The molecule has 18 heavy (non-hydrogen) atoms. The molecule has 0 aliphatic rings. The van der Waals surface area contributed by atoms with Crippen LogP contribution in [0.1, 0.15) is 25.8 Å². The minimum absolute atomic E-state index is 0.632. The fourth-order valence-electron chi connectivity index (χ4n) is 1.87. The van der Waals surface area contributed by atoms with Crippen LogP contribution in [0, 0.1) is 11.3 Å². The minimum atomic E-state index is 0.632. The van der Waals surface area contributed by atoms with E-state index in [4.69, 9.17) is 11.0 Å². The molecule has 0 radical (unpaired) electrons. The molecular formula is C14H22N4. The van der Waals surface area contributed by atoms with Crippen LogP contribution < -0.4 is 11.1 Å². The Morgan fingerprint density at radius 1 is 1.33 bits per heavy atom. The number of hydrogen-bond acceptors (Lipinski definition) is 4. The molecular weight excluding hydrogens is 224 g/mol. The number of likely N-dealkylation sites (N-methyl/N-ethyl adjacent to an activating group) is 1. The molecule has 4 heteroatoms. The van der Waals surface area contributed by atoms with Gasteiger partial charge < -0.3 is 16.0 Å². The summed E-state index contributed by atoms with van der Waals surface area (Å²) >= 11 is 0. The van der Waals surface area contributed by atoms with E-state index in [1.54, 1.807) is 18.2 Å². The van der Waals surface area contributed by atoms with Crippen molar-refractivity contribution in [3.05, 3.63) is 23.8 Å². The average Bonchev–Trinajstić information content (AvgIpc) is 2.39. The van der Waals surface area contributed by atoms with Crippen LogP contribution in [0.3, 0.4) is 0 Å². The third-order valence-corrected chi connectivity index (χ3v) is 2.91. The van der Waals surface area contributed by atoms with Gasteiger partial charge in [0.15, 0.2) is 0 Å². The van der Waals surface area contributed by atoms with Gasteiger partial charge in [-0.15, -0.1) is 0 Å². The Morgan fingerprint density at radius 2 is 2.11 bits per heavy atom. The molecule has 0 atom stereocenters. The molecule has 0 fully saturated rings. The van der Waals surface area contributed by atoms with Crippen molar-refractivity contribution in [1.29, 1.82) is 5.26 Å². The maximum Gasteiger partial charge on any atom is 0.0992 e. The second-order valence-electron chi connectivity index (χ2n) is 4.27. The molecule has 98 valence electrons. The summed E-state index contributed by atoms with van der Waals surface area (Å²) in [6.07, 6.45) is 1.17. The second kappa shape index (κ2) is 7.57. The van der Waals surface area contributed by atoms with Gasteiger partial charge in [0, 0.05) is 13.1 Å². The number of hydrogen-bond donors (Lipinski definition) is 2. The normalized spacial score (nSPS) is 10.3. The molecule has 0 spiro atoms. The Balaban J connectivity index is 2.50. The van der Waals surface area contributed by atoms with Crippen LogP contribution >= 0.6 is 0 Å². The van der Waals surface area contributed by atoms with Crippen LogP contribution in [-0.2, 0) is 0 Å². The highest BCUT2D eigenvalue weighted by molar-refractivity contribution is 5.68. The lowest BCUT2D eigenvalue weighted by Crippen LogP contribution is -2.29. The van der Waals surface area contributed by atoms with Crippen LogP contribution in [0.2, 0.25) is 0 Å². The predicted octanol–water partition coefficient (Wildman–Crippen LogP) is 2.28. The molecule has 1 aromatic rings. The number of nitrogens with two attached hydrogens (primary N) is 1. The topological polar surface area (TPSA) is 65.1 Å². The van der Waals surface area contributed by atoms with Gasteiger partial charge >= 0.3 is 0 Å². The van der Waals surface area contributed by atoms with Gasteiger partial charge in [0.05, 0.1) is 23.0 Å². The zero-order valence-electron chi connectivity index (χ0n) is 11.2. The Bertz CT molecular complexity index is 409. The number of nitrogens with one attached hydrogen (secondary N) is 1. The highest BCUT2D eigenvalue weighted by atomic mass is 15.1. The van der Waals surface area contributed by atoms with Crippen molar-refractivity contribution in [3.8, 4) is 6.07 Å². The zero-order valence-corrected chi connectivity index (χ0v) is 11.2. The summed E-state index contributed by atoms with van der Waals surface area (Å²) in [6, 6.07) is 7.42. The summed E-state index contributed by atoms with van der Waals surface area (Å²) in [6.45, 7) is 8.35. The molecule has 4 nitrogen and oxygen atoms in total. The molecule has 0 bridgehead atoms. The number of nitrogens with zero attached hydrogens (tertiary/aromatic N) is 2. The quantitative estimate of drug-likeness (QED) is 0.724. The number of rotatable bonds is 7. The molecule has 0 saturated carbocycles. The van der Waals surface area contributed by atoms with Crippen molar-refractivity contribution in [2.75, 3.05) is 37.2 Å². The van der Waals surface area contributed by atoms with Gasteiger partial charge in [-0.05, 0) is 37.7 Å². The summed E-state index contributed by atoms with van der Waals surface area (Å²) in [5.74, 6) is 0. The maximum absolute atomic E-state index is 8.85. The van der Waals surface area contributed by atoms with E-state index in [1.807, 2.05) is 0 Å². The van der Waals surface area contributed by atoms with E-state index < -0.39 is 0 Å². The Kier molecular flexibility index (Phi) is 6.03. The van der Waals surface area contributed by atoms with Gasteiger partial charge in [0.25, 0.3) is 0 Å². The molecule has 0 unspecified atom stereocenters. The van der Waals surface area contributed by atoms with E-state index >= 15 is 0 Å². The van der Waals surface area contributed by atoms with Gasteiger partial charge in [0.1, 0.15) is 0 Å². The van der Waals surface area contributed by atoms with Crippen molar-refractivity contribution in [2.45, 2.75) is 20.3 Å². The first-order chi connectivity index (χ1) is 8.71. The molecule has 0 aromatic heterocycles. The molecule has 0 heterocycles. The van der Waals surface area contributed by atoms with Gasteiger partial charge in [0.2, 0.25) is 0 Å². The fraction of sp³-hybridized carbons (Fsp3) is 0.500. The smallest absolute Gasteiger partial charge is 0.0992 e. The highest BCUT2D eigenvalue weighted by Crippen LogP contribution is 2.19. The third-order valence-electron chi connectivity index (χ3n) is 2.91. The Morgan fingerprint density at radius 3 is 2.72 bits per heavy atom. The van der Waals surface area contributed by atoms with E-state index in [0.29, 0.717) is 11.3 Å². The summed E-state index contributed by atoms with van der Waals surface area (Å²) in [7, 11) is 0. The summed E-state index contributed by atoms with van der Waals surface area (Å²) in [5.41, 5.74) is 8.03. The van der Waals surface area contributed by atoms with Crippen molar-refractivity contribution in [1.82, 2.24) is 4.90 Å². The highest BCUT2D eigenvalue weighted by Gasteiger charge is 2.03. The largest absolute Gasteiger partial charge is 0.397 e. The SMILES string of the molecule is CCCN(CC)CCNc1cc(C#N)ccc1N. The van der Waals surface area contributed by atoms with Crippen LogP contribution in [0.25, 0.3) is 0 Å². The van der Waals surface area contributed by atoms with Crippen molar-refractivity contribution >= 4 is 11.4 Å². The molecule has 1 rings (SSSR count). The predicted molar refractivity (Wildman–Crippen MR) is 76.5 cm³/mol. The van der Waals surface area contributed by atoms with Gasteiger partial charge in [-0.25, -0.2) is 0 Å². The van der Waals surface area contributed by atoms with Gasteiger partial charge in [-0.1, -0.05) is 13.8 Å². The van der Waals surface area contributed by atoms with E-state index in [2.05, 4.69) is 30.1 Å². The van der Waals surface area contributed by atoms with Gasteiger partial charge in [-0.3, -0.25) is 0 Å². The average molecular weight is 246 g/mol. The molecule has 1 aromatic carbocycles. The number of anilines is 2.